The average molecular weight is 443 g/mol. The zero-order valence-electron chi connectivity index (χ0n) is 16.1. The van der Waals surface area contributed by atoms with Gasteiger partial charge in [-0.15, -0.1) is 11.3 Å². The number of thiazole rings is 1. The number of aromatic nitrogens is 1. The minimum absolute atomic E-state index is 0.151. The summed E-state index contributed by atoms with van der Waals surface area (Å²) in [4.78, 5) is 39.8. The molecule has 30 heavy (non-hydrogen) atoms. The van der Waals surface area contributed by atoms with Crippen molar-refractivity contribution in [1.29, 1.82) is 0 Å². The first-order valence-electron chi connectivity index (χ1n) is 9.08. The number of carbonyl (C=O) groups is 3. The Bertz CT molecular complexity index is 1050. The third-order valence-electron chi connectivity index (χ3n) is 3.98. The average Bonchev–Trinajstić information content (AvgIpc) is 3.15. The van der Waals surface area contributed by atoms with Crippen LogP contribution in [0.5, 0.6) is 0 Å². The van der Waals surface area contributed by atoms with Gasteiger partial charge in [0.15, 0.2) is 5.13 Å². The van der Waals surface area contributed by atoms with Crippen molar-refractivity contribution >= 4 is 57.2 Å². The number of halogens is 1. The van der Waals surface area contributed by atoms with Crippen LogP contribution in [0.1, 0.15) is 29.4 Å². The second-order valence-electron chi connectivity index (χ2n) is 6.41. The lowest BCUT2D eigenvalue weighted by Gasteiger charge is -2.06. The normalized spacial score (nSPS) is 10.3. The molecule has 7 nitrogen and oxygen atoms in total. The van der Waals surface area contributed by atoms with Gasteiger partial charge in [0.05, 0.1) is 5.69 Å². The Balaban J connectivity index is 1.47. The summed E-state index contributed by atoms with van der Waals surface area (Å²) in [6.07, 6.45) is 0.699. The maximum Gasteiger partial charge on any atom is 0.257 e. The molecule has 3 N–H and O–H groups in total. The fraction of sp³-hybridized carbons (Fsp3) is 0.143. The molecule has 0 unspecified atom stereocenters. The van der Waals surface area contributed by atoms with Crippen LogP contribution in [0.4, 0.5) is 16.5 Å². The lowest BCUT2D eigenvalue weighted by Crippen LogP contribution is -2.13. The van der Waals surface area contributed by atoms with Crippen molar-refractivity contribution in [1.82, 2.24) is 4.98 Å². The summed E-state index contributed by atoms with van der Waals surface area (Å²) in [6.45, 7) is 1.43. The number of benzene rings is 2. The number of aryl methyl sites for hydroxylation is 1. The highest BCUT2D eigenvalue weighted by atomic mass is 35.5. The number of anilines is 3. The number of carbonyl (C=O) groups excluding carboxylic acids is 3. The minimum Gasteiger partial charge on any atom is -0.326 e. The molecule has 0 saturated carbocycles. The highest BCUT2D eigenvalue weighted by Crippen LogP contribution is 2.19. The van der Waals surface area contributed by atoms with E-state index in [-0.39, 0.29) is 24.1 Å². The molecular formula is C21H19ClN4O3S. The number of amides is 3. The highest BCUT2D eigenvalue weighted by Gasteiger charge is 2.10. The maximum absolute atomic E-state index is 12.2. The predicted octanol–water partition coefficient (Wildman–Crippen LogP) is 4.58. The van der Waals surface area contributed by atoms with Crippen molar-refractivity contribution in [3.63, 3.8) is 0 Å². The first-order chi connectivity index (χ1) is 14.4. The van der Waals surface area contributed by atoms with Crippen LogP contribution in [0, 0.1) is 0 Å². The molecule has 0 bridgehead atoms. The zero-order chi connectivity index (χ0) is 21.5. The van der Waals surface area contributed by atoms with Gasteiger partial charge in [-0.25, -0.2) is 4.98 Å². The highest BCUT2D eigenvalue weighted by molar-refractivity contribution is 7.14. The first kappa shape index (κ1) is 21.5. The summed E-state index contributed by atoms with van der Waals surface area (Å²) in [5.41, 5.74) is 2.52. The molecule has 1 heterocycles. The van der Waals surface area contributed by atoms with Gasteiger partial charge in [-0.1, -0.05) is 11.6 Å². The van der Waals surface area contributed by atoms with E-state index in [1.807, 2.05) is 5.38 Å². The second-order valence-corrected chi connectivity index (χ2v) is 7.71. The number of nitrogens with zero attached hydrogens (tertiary/aromatic N) is 1. The molecule has 9 heteroatoms. The fourth-order valence-corrected chi connectivity index (χ4v) is 3.42. The minimum atomic E-state index is -0.270. The van der Waals surface area contributed by atoms with E-state index in [1.165, 1.54) is 18.3 Å². The molecule has 1 aromatic heterocycles. The Morgan fingerprint density at radius 3 is 2.20 bits per heavy atom. The van der Waals surface area contributed by atoms with Crippen LogP contribution < -0.4 is 16.0 Å². The molecule has 0 aliphatic rings. The number of rotatable bonds is 7. The first-order valence-corrected chi connectivity index (χ1v) is 10.3. The number of nitrogens with one attached hydrogen (secondary N) is 3. The molecule has 3 amide bonds. The van der Waals surface area contributed by atoms with Crippen molar-refractivity contribution in [3.05, 3.63) is 70.2 Å². The summed E-state index contributed by atoms with van der Waals surface area (Å²) in [5, 5.41) is 11.1. The van der Waals surface area contributed by atoms with E-state index >= 15 is 0 Å². The summed E-state index contributed by atoms with van der Waals surface area (Å²) >= 11 is 7.13. The van der Waals surface area contributed by atoms with Crippen molar-refractivity contribution < 1.29 is 14.4 Å². The zero-order valence-corrected chi connectivity index (χ0v) is 17.6. The molecule has 154 valence electrons. The Labute approximate surface area is 182 Å². The van der Waals surface area contributed by atoms with Crippen molar-refractivity contribution in [3.8, 4) is 0 Å². The van der Waals surface area contributed by atoms with Gasteiger partial charge in [0, 0.05) is 40.7 Å². The molecular weight excluding hydrogens is 424 g/mol. The van der Waals surface area contributed by atoms with Crippen LogP contribution in [0.25, 0.3) is 0 Å². The van der Waals surface area contributed by atoms with Crippen LogP contribution in [-0.4, -0.2) is 22.7 Å². The molecule has 0 aliphatic heterocycles. The topological polar surface area (TPSA) is 100 Å². The Morgan fingerprint density at radius 1 is 0.933 bits per heavy atom. The Morgan fingerprint density at radius 2 is 1.57 bits per heavy atom. The molecule has 0 radical (unpaired) electrons. The van der Waals surface area contributed by atoms with E-state index in [2.05, 4.69) is 20.9 Å². The predicted molar refractivity (Wildman–Crippen MR) is 119 cm³/mol. The van der Waals surface area contributed by atoms with Crippen LogP contribution in [0.15, 0.2) is 53.9 Å². The van der Waals surface area contributed by atoms with Gasteiger partial charge < -0.3 is 10.6 Å². The van der Waals surface area contributed by atoms with E-state index in [1.54, 1.807) is 48.5 Å². The fourth-order valence-electron chi connectivity index (χ4n) is 2.56. The third-order valence-corrected chi connectivity index (χ3v) is 5.03. The molecule has 3 rings (SSSR count). The molecule has 0 aliphatic carbocycles. The van der Waals surface area contributed by atoms with Gasteiger partial charge in [0.25, 0.3) is 5.91 Å². The molecule has 3 aromatic rings. The summed E-state index contributed by atoms with van der Waals surface area (Å²) in [7, 11) is 0. The summed E-state index contributed by atoms with van der Waals surface area (Å²) in [6, 6.07) is 13.4. The van der Waals surface area contributed by atoms with Gasteiger partial charge in [-0.3, -0.25) is 19.7 Å². The van der Waals surface area contributed by atoms with E-state index in [0.717, 1.165) is 5.69 Å². The summed E-state index contributed by atoms with van der Waals surface area (Å²) in [5.74, 6) is -0.575. The lowest BCUT2D eigenvalue weighted by atomic mass is 10.2. The monoisotopic (exact) mass is 442 g/mol. The van der Waals surface area contributed by atoms with Crippen LogP contribution in [0.2, 0.25) is 5.02 Å². The smallest absolute Gasteiger partial charge is 0.257 e. The molecule has 0 saturated heterocycles. The summed E-state index contributed by atoms with van der Waals surface area (Å²) < 4.78 is 0. The van der Waals surface area contributed by atoms with Gasteiger partial charge in [0.2, 0.25) is 11.8 Å². The van der Waals surface area contributed by atoms with Crippen molar-refractivity contribution in [2.24, 2.45) is 0 Å². The van der Waals surface area contributed by atoms with Gasteiger partial charge in [-0.2, -0.15) is 0 Å². The van der Waals surface area contributed by atoms with E-state index in [9.17, 15) is 14.4 Å². The maximum atomic E-state index is 12.2. The SMILES string of the molecule is CC(=O)Nc1ccc(NC(=O)CCc2csc(NC(=O)c3ccc(Cl)cc3)n2)cc1. The quantitative estimate of drug-likeness (QED) is 0.498. The van der Waals surface area contributed by atoms with E-state index < -0.39 is 0 Å². The Hall–Kier alpha value is -3.23. The van der Waals surface area contributed by atoms with Crippen molar-refractivity contribution in [2.45, 2.75) is 19.8 Å². The van der Waals surface area contributed by atoms with Crippen LogP contribution in [0.3, 0.4) is 0 Å². The molecule has 0 atom stereocenters. The van der Waals surface area contributed by atoms with Gasteiger partial charge in [-0.05, 0) is 55.0 Å². The third kappa shape index (κ3) is 6.40. The van der Waals surface area contributed by atoms with Crippen LogP contribution >= 0.6 is 22.9 Å². The number of hydrogen-bond acceptors (Lipinski definition) is 5. The van der Waals surface area contributed by atoms with Gasteiger partial charge in [0.1, 0.15) is 0 Å². The lowest BCUT2D eigenvalue weighted by molar-refractivity contribution is -0.116. The number of hydrogen-bond donors (Lipinski definition) is 3. The largest absolute Gasteiger partial charge is 0.326 e. The molecule has 0 spiro atoms. The van der Waals surface area contributed by atoms with Crippen molar-refractivity contribution in [2.75, 3.05) is 16.0 Å². The molecule has 0 fully saturated rings. The molecule has 2 aromatic carbocycles. The second kappa shape index (κ2) is 10.00. The Kier molecular flexibility index (Phi) is 7.16. The van der Waals surface area contributed by atoms with E-state index in [0.29, 0.717) is 33.5 Å². The van der Waals surface area contributed by atoms with E-state index in [4.69, 9.17) is 11.6 Å². The van der Waals surface area contributed by atoms with Crippen LogP contribution in [-0.2, 0) is 16.0 Å². The van der Waals surface area contributed by atoms with Gasteiger partial charge >= 0.3 is 0 Å². The standard InChI is InChI=1S/C21H19ClN4O3S/c1-13(27)23-16-6-8-17(9-7-16)24-19(28)11-10-18-12-30-21(25-18)26-20(29)14-2-4-15(22)5-3-14/h2-9,12H,10-11H2,1H3,(H,23,27)(H,24,28)(H,25,26,29).